The number of likely N-dealkylation sites (tertiary alicyclic amines) is 1. The summed E-state index contributed by atoms with van der Waals surface area (Å²) in [5, 5.41) is 0. The third kappa shape index (κ3) is 1.74. The molecule has 0 radical (unpaired) electrons. The van der Waals surface area contributed by atoms with E-state index in [2.05, 4.69) is 18.7 Å². The van der Waals surface area contributed by atoms with Gasteiger partial charge in [-0.2, -0.15) is 0 Å². The molecule has 0 spiro atoms. The minimum absolute atomic E-state index is 0.600. The number of rotatable bonds is 2. The second-order valence-electron chi connectivity index (χ2n) is 4.16. The van der Waals surface area contributed by atoms with Crippen LogP contribution >= 0.6 is 0 Å². The predicted molar refractivity (Wildman–Crippen MR) is 44.6 cm³/mol. The van der Waals surface area contributed by atoms with E-state index in [9.17, 15) is 0 Å². The summed E-state index contributed by atoms with van der Waals surface area (Å²) in [7, 11) is 0. The minimum atomic E-state index is 0.600. The highest BCUT2D eigenvalue weighted by atomic mass is 16.6. The zero-order valence-corrected chi connectivity index (χ0v) is 7.42. The Hall–Kier alpha value is -0.0800. The molecule has 0 saturated carbocycles. The van der Waals surface area contributed by atoms with E-state index in [1.165, 1.54) is 26.1 Å². The molecule has 2 rings (SSSR count). The molecule has 0 N–H and O–H groups in total. The van der Waals surface area contributed by atoms with Crippen molar-refractivity contribution in [2.75, 3.05) is 19.6 Å². The number of epoxide rings is 1. The lowest BCUT2D eigenvalue weighted by Gasteiger charge is -2.25. The van der Waals surface area contributed by atoms with E-state index in [4.69, 9.17) is 4.74 Å². The molecule has 11 heavy (non-hydrogen) atoms. The highest BCUT2D eigenvalue weighted by molar-refractivity contribution is 4.92. The van der Waals surface area contributed by atoms with Crippen LogP contribution in [0, 0.1) is 5.92 Å². The molecule has 0 unspecified atom stereocenters. The fourth-order valence-electron chi connectivity index (χ4n) is 1.93. The van der Waals surface area contributed by atoms with Crippen LogP contribution in [0.4, 0.5) is 0 Å². The fourth-order valence-corrected chi connectivity index (χ4v) is 1.93. The van der Waals surface area contributed by atoms with E-state index in [-0.39, 0.29) is 0 Å². The molecule has 0 aliphatic carbocycles. The van der Waals surface area contributed by atoms with Crippen LogP contribution in [0.1, 0.15) is 20.3 Å². The Bertz CT molecular complexity index is 144. The van der Waals surface area contributed by atoms with Crippen LogP contribution in [-0.4, -0.2) is 36.7 Å². The van der Waals surface area contributed by atoms with E-state index in [1.54, 1.807) is 0 Å². The van der Waals surface area contributed by atoms with Gasteiger partial charge in [-0.15, -0.1) is 0 Å². The van der Waals surface area contributed by atoms with E-state index in [0.717, 1.165) is 5.92 Å². The molecule has 0 aromatic rings. The average Bonchev–Trinajstić information content (AvgIpc) is 2.63. The zero-order valence-electron chi connectivity index (χ0n) is 7.42. The molecular formula is C9H17NO. The van der Waals surface area contributed by atoms with Crippen molar-refractivity contribution in [3.63, 3.8) is 0 Å². The van der Waals surface area contributed by atoms with Gasteiger partial charge < -0.3 is 9.64 Å². The molecule has 0 aromatic carbocycles. The van der Waals surface area contributed by atoms with Crippen molar-refractivity contribution in [1.82, 2.24) is 4.90 Å². The first-order valence-corrected chi connectivity index (χ1v) is 4.63. The van der Waals surface area contributed by atoms with Gasteiger partial charge in [0.2, 0.25) is 0 Å². The van der Waals surface area contributed by atoms with Crippen LogP contribution in [0.5, 0.6) is 0 Å². The molecule has 2 aliphatic heterocycles. The second kappa shape index (κ2) is 2.76. The van der Waals surface area contributed by atoms with E-state index in [0.29, 0.717) is 12.2 Å². The Morgan fingerprint density at radius 3 is 2.91 bits per heavy atom. The van der Waals surface area contributed by atoms with Gasteiger partial charge in [-0.3, -0.25) is 0 Å². The van der Waals surface area contributed by atoms with Crippen molar-refractivity contribution in [2.45, 2.75) is 32.5 Å². The number of hydrogen-bond donors (Lipinski definition) is 0. The maximum absolute atomic E-state index is 5.45. The SMILES string of the molecule is CC(C)CN1CC[C@H]2O[C@H]2C1. The van der Waals surface area contributed by atoms with Crippen molar-refractivity contribution in [2.24, 2.45) is 5.92 Å². The quantitative estimate of drug-likeness (QED) is 0.555. The first-order valence-electron chi connectivity index (χ1n) is 4.63. The lowest BCUT2D eigenvalue weighted by Crippen LogP contribution is -2.36. The predicted octanol–water partition coefficient (Wildman–Crippen LogP) is 1.12. The third-order valence-electron chi connectivity index (χ3n) is 2.48. The summed E-state index contributed by atoms with van der Waals surface area (Å²) in [6.45, 7) is 8.23. The number of piperidine rings is 1. The minimum Gasteiger partial charge on any atom is -0.368 e. The topological polar surface area (TPSA) is 15.8 Å². The lowest BCUT2D eigenvalue weighted by atomic mass is 10.1. The van der Waals surface area contributed by atoms with Gasteiger partial charge in [0, 0.05) is 19.6 Å². The number of fused-ring (bicyclic) bond motifs is 1. The van der Waals surface area contributed by atoms with Crippen LogP contribution in [0.15, 0.2) is 0 Å². The van der Waals surface area contributed by atoms with E-state index in [1.807, 2.05) is 0 Å². The summed E-state index contributed by atoms with van der Waals surface area (Å²) in [4.78, 5) is 2.53. The van der Waals surface area contributed by atoms with Crippen molar-refractivity contribution in [3.8, 4) is 0 Å². The summed E-state index contributed by atoms with van der Waals surface area (Å²) in [5.74, 6) is 0.797. The Kier molecular flexibility index (Phi) is 1.90. The summed E-state index contributed by atoms with van der Waals surface area (Å²) < 4.78 is 5.45. The normalized spacial score (nSPS) is 37.4. The molecular weight excluding hydrogens is 138 g/mol. The van der Waals surface area contributed by atoms with Crippen molar-refractivity contribution in [3.05, 3.63) is 0 Å². The van der Waals surface area contributed by atoms with Crippen molar-refractivity contribution in [1.29, 1.82) is 0 Å². The molecule has 0 bridgehead atoms. The van der Waals surface area contributed by atoms with Crippen LogP contribution < -0.4 is 0 Å². The van der Waals surface area contributed by atoms with E-state index < -0.39 is 0 Å². The summed E-state index contributed by atoms with van der Waals surface area (Å²) in [6.07, 6.45) is 2.50. The summed E-state index contributed by atoms with van der Waals surface area (Å²) in [6, 6.07) is 0. The number of ether oxygens (including phenoxy) is 1. The molecule has 0 aromatic heterocycles. The van der Waals surface area contributed by atoms with E-state index >= 15 is 0 Å². The highest BCUT2D eigenvalue weighted by Gasteiger charge is 2.42. The molecule has 2 fully saturated rings. The fraction of sp³-hybridized carbons (Fsp3) is 1.00. The first-order chi connectivity index (χ1) is 5.25. The molecule has 2 nitrogen and oxygen atoms in total. The second-order valence-corrected chi connectivity index (χ2v) is 4.16. The third-order valence-corrected chi connectivity index (χ3v) is 2.48. The Morgan fingerprint density at radius 2 is 2.27 bits per heavy atom. The number of nitrogens with zero attached hydrogens (tertiary/aromatic N) is 1. The largest absolute Gasteiger partial charge is 0.368 e. The Morgan fingerprint density at radius 1 is 1.45 bits per heavy atom. The van der Waals surface area contributed by atoms with Gasteiger partial charge in [-0.25, -0.2) is 0 Å². The molecule has 2 aliphatic rings. The van der Waals surface area contributed by atoms with Crippen LogP contribution in [0.25, 0.3) is 0 Å². The highest BCUT2D eigenvalue weighted by Crippen LogP contribution is 2.30. The van der Waals surface area contributed by atoms with Crippen molar-refractivity contribution < 1.29 is 4.74 Å². The van der Waals surface area contributed by atoms with Gasteiger partial charge >= 0.3 is 0 Å². The van der Waals surface area contributed by atoms with Crippen LogP contribution in [-0.2, 0) is 4.74 Å². The molecule has 2 atom stereocenters. The average molecular weight is 155 g/mol. The van der Waals surface area contributed by atoms with Gasteiger partial charge in [0.25, 0.3) is 0 Å². The maximum atomic E-state index is 5.45. The van der Waals surface area contributed by atoms with Gasteiger partial charge in [-0.05, 0) is 12.3 Å². The maximum Gasteiger partial charge on any atom is 0.0968 e. The first kappa shape index (κ1) is 7.56. The molecule has 2 heteroatoms. The monoisotopic (exact) mass is 155 g/mol. The van der Waals surface area contributed by atoms with Gasteiger partial charge in [0.05, 0.1) is 12.2 Å². The molecule has 0 amide bonds. The summed E-state index contributed by atoms with van der Waals surface area (Å²) >= 11 is 0. The molecule has 64 valence electrons. The molecule has 2 saturated heterocycles. The van der Waals surface area contributed by atoms with Crippen LogP contribution in [0.2, 0.25) is 0 Å². The Labute approximate surface area is 68.5 Å². The summed E-state index contributed by atoms with van der Waals surface area (Å²) in [5.41, 5.74) is 0. The molecule has 2 heterocycles. The lowest BCUT2D eigenvalue weighted by molar-refractivity contribution is 0.220. The zero-order chi connectivity index (χ0) is 7.84. The van der Waals surface area contributed by atoms with Crippen LogP contribution in [0.3, 0.4) is 0 Å². The smallest absolute Gasteiger partial charge is 0.0968 e. The van der Waals surface area contributed by atoms with Gasteiger partial charge in [0.1, 0.15) is 0 Å². The standard InChI is InChI=1S/C9H17NO/c1-7(2)5-10-4-3-8-9(6-10)11-8/h7-9H,3-6H2,1-2H3/t8-,9+/m1/s1. The van der Waals surface area contributed by atoms with Gasteiger partial charge in [0.15, 0.2) is 0 Å². The van der Waals surface area contributed by atoms with Gasteiger partial charge in [-0.1, -0.05) is 13.8 Å². The number of hydrogen-bond acceptors (Lipinski definition) is 2. The Balaban J connectivity index is 1.76. The van der Waals surface area contributed by atoms with Crippen molar-refractivity contribution >= 4 is 0 Å².